The van der Waals surface area contributed by atoms with Gasteiger partial charge in [0.25, 0.3) is 0 Å². The molecule has 11 heteroatoms. The van der Waals surface area contributed by atoms with E-state index >= 15 is 0 Å². The molecule has 28 heavy (non-hydrogen) atoms. The molecule has 1 aromatic carbocycles. The van der Waals surface area contributed by atoms with E-state index in [0.717, 1.165) is 16.8 Å². The molecule has 0 saturated carbocycles. The first kappa shape index (κ1) is 20.3. The monoisotopic (exact) mass is 414 g/mol. The molecular formula is C17H18F4N6S. The predicted octanol–water partition coefficient (Wildman–Crippen LogP) is 4.27. The van der Waals surface area contributed by atoms with Crippen LogP contribution in [0.25, 0.3) is 5.69 Å². The number of benzene rings is 1. The van der Waals surface area contributed by atoms with Crippen LogP contribution in [0.5, 0.6) is 0 Å². The molecular weight excluding hydrogens is 396 g/mol. The summed E-state index contributed by atoms with van der Waals surface area (Å²) < 4.78 is 55.2. The van der Waals surface area contributed by atoms with Crippen LogP contribution in [0.4, 0.5) is 17.6 Å². The van der Waals surface area contributed by atoms with Gasteiger partial charge in [-0.05, 0) is 30.4 Å². The van der Waals surface area contributed by atoms with Crippen LogP contribution in [0.3, 0.4) is 0 Å². The third-order valence-corrected chi connectivity index (χ3v) is 4.92. The van der Waals surface area contributed by atoms with Gasteiger partial charge in [-0.3, -0.25) is 0 Å². The second kappa shape index (κ2) is 7.90. The predicted molar refractivity (Wildman–Crippen MR) is 96.6 cm³/mol. The van der Waals surface area contributed by atoms with E-state index in [9.17, 15) is 17.6 Å². The van der Waals surface area contributed by atoms with Crippen molar-refractivity contribution in [3.8, 4) is 5.69 Å². The third-order valence-electron chi connectivity index (χ3n) is 3.76. The number of alkyl halides is 3. The lowest BCUT2D eigenvalue weighted by Gasteiger charge is -2.17. The van der Waals surface area contributed by atoms with Crippen LogP contribution in [-0.2, 0) is 12.7 Å². The van der Waals surface area contributed by atoms with Crippen molar-refractivity contribution in [2.24, 2.45) is 0 Å². The van der Waals surface area contributed by atoms with Crippen LogP contribution >= 0.6 is 11.8 Å². The van der Waals surface area contributed by atoms with E-state index in [2.05, 4.69) is 20.3 Å². The summed E-state index contributed by atoms with van der Waals surface area (Å²) in [5.74, 6) is -0.360. The standard InChI is InChI=1S/C17H18F4N6S/c1-10(2)28-11(3)16-24-15(9-26-22-6-7-23-26)25-27(16)14-5-4-12(18)8-13(14)17(19,20)21/h4-8,10-11H,9H2,1-3H3. The molecule has 3 aromatic rings. The molecule has 0 aliphatic rings. The zero-order valence-electron chi connectivity index (χ0n) is 15.4. The number of nitrogens with zero attached hydrogens (tertiary/aromatic N) is 6. The Morgan fingerprint density at radius 1 is 1.11 bits per heavy atom. The summed E-state index contributed by atoms with van der Waals surface area (Å²) in [6.45, 7) is 5.91. The number of hydrogen-bond acceptors (Lipinski definition) is 5. The molecule has 0 aliphatic carbocycles. The molecule has 150 valence electrons. The minimum Gasteiger partial charge on any atom is -0.216 e. The number of hydrogen-bond donors (Lipinski definition) is 0. The first-order chi connectivity index (χ1) is 13.1. The maximum absolute atomic E-state index is 13.5. The average molecular weight is 414 g/mol. The largest absolute Gasteiger partial charge is 0.418 e. The summed E-state index contributed by atoms with van der Waals surface area (Å²) in [5, 5.41) is 12.2. The van der Waals surface area contributed by atoms with Gasteiger partial charge in [0.05, 0.1) is 28.9 Å². The molecule has 3 rings (SSSR count). The summed E-state index contributed by atoms with van der Waals surface area (Å²) in [4.78, 5) is 5.76. The van der Waals surface area contributed by atoms with Crippen molar-refractivity contribution >= 4 is 11.8 Å². The average Bonchev–Trinajstić information content (AvgIpc) is 3.23. The molecule has 1 atom stereocenters. The minimum absolute atomic E-state index is 0.106. The summed E-state index contributed by atoms with van der Waals surface area (Å²) in [7, 11) is 0. The van der Waals surface area contributed by atoms with E-state index in [0.29, 0.717) is 11.9 Å². The van der Waals surface area contributed by atoms with Crippen molar-refractivity contribution in [2.75, 3.05) is 0 Å². The van der Waals surface area contributed by atoms with Gasteiger partial charge in [-0.15, -0.1) is 16.9 Å². The van der Waals surface area contributed by atoms with Gasteiger partial charge >= 0.3 is 6.18 Å². The lowest BCUT2D eigenvalue weighted by atomic mass is 10.1. The van der Waals surface area contributed by atoms with Gasteiger partial charge in [0.1, 0.15) is 18.2 Å². The van der Waals surface area contributed by atoms with Crippen LogP contribution < -0.4 is 0 Å². The first-order valence-electron chi connectivity index (χ1n) is 8.47. The van der Waals surface area contributed by atoms with Gasteiger partial charge in [-0.25, -0.2) is 14.1 Å². The highest BCUT2D eigenvalue weighted by Crippen LogP contribution is 2.37. The molecule has 1 unspecified atom stereocenters. The number of thioether (sulfide) groups is 1. The first-order valence-corrected chi connectivity index (χ1v) is 9.42. The minimum atomic E-state index is -4.74. The van der Waals surface area contributed by atoms with Crippen molar-refractivity contribution in [1.29, 1.82) is 0 Å². The third kappa shape index (κ3) is 4.51. The summed E-state index contributed by atoms with van der Waals surface area (Å²) in [5.41, 5.74) is -1.38. The molecule has 0 spiro atoms. The Balaban J connectivity index is 2.12. The van der Waals surface area contributed by atoms with Gasteiger partial charge < -0.3 is 0 Å². The Labute approximate surface area is 163 Å². The van der Waals surface area contributed by atoms with Gasteiger partial charge in [0.2, 0.25) is 0 Å². The molecule has 0 N–H and O–H groups in total. The zero-order valence-corrected chi connectivity index (χ0v) is 16.2. The van der Waals surface area contributed by atoms with Crippen LogP contribution in [0.15, 0.2) is 30.6 Å². The van der Waals surface area contributed by atoms with Crippen LogP contribution in [0.1, 0.15) is 43.2 Å². The van der Waals surface area contributed by atoms with E-state index < -0.39 is 17.6 Å². The van der Waals surface area contributed by atoms with E-state index in [4.69, 9.17) is 0 Å². The topological polar surface area (TPSA) is 61.4 Å². The maximum atomic E-state index is 13.5. The molecule has 2 aromatic heterocycles. The fourth-order valence-electron chi connectivity index (χ4n) is 2.72. The molecule has 0 saturated heterocycles. The summed E-state index contributed by atoms with van der Waals surface area (Å²) in [6, 6.07) is 2.51. The van der Waals surface area contributed by atoms with Crippen LogP contribution in [0, 0.1) is 5.82 Å². The fraction of sp³-hybridized carbons (Fsp3) is 0.412. The van der Waals surface area contributed by atoms with E-state index in [1.165, 1.54) is 29.0 Å². The molecule has 2 heterocycles. The SMILES string of the molecule is CC(C)SC(C)c1nc(Cn2nccn2)nn1-c1ccc(F)cc1C(F)(F)F. The number of aromatic nitrogens is 6. The smallest absolute Gasteiger partial charge is 0.216 e. The molecule has 0 amide bonds. The maximum Gasteiger partial charge on any atom is 0.418 e. The van der Waals surface area contributed by atoms with Gasteiger partial charge in [-0.2, -0.15) is 28.2 Å². The Hall–Kier alpha value is -2.43. The van der Waals surface area contributed by atoms with Crippen molar-refractivity contribution < 1.29 is 17.6 Å². The van der Waals surface area contributed by atoms with Crippen molar-refractivity contribution in [3.05, 3.63) is 53.6 Å². The fourth-order valence-corrected chi connectivity index (χ4v) is 3.81. The second-order valence-electron chi connectivity index (χ2n) is 6.34. The molecule has 6 nitrogen and oxygen atoms in total. The van der Waals surface area contributed by atoms with Crippen molar-refractivity contribution in [1.82, 2.24) is 29.8 Å². The molecule has 0 fully saturated rings. The zero-order chi connectivity index (χ0) is 20.5. The van der Waals surface area contributed by atoms with E-state index in [1.54, 1.807) is 0 Å². The van der Waals surface area contributed by atoms with Crippen LogP contribution in [-0.4, -0.2) is 35.0 Å². The highest BCUT2D eigenvalue weighted by molar-refractivity contribution is 8.00. The van der Waals surface area contributed by atoms with Gasteiger partial charge in [0.15, 0.2) is 5.82 Å². The van der Waals surface area contributed by atoms with Gasteiger partial charge in [0, 0.05) is 0 Å². The lowest BCUT2D eigenvalue weighted by Crippen LogP contribution is -2.15. The van der Waals surface area contributed by atoms with Gasteiger partial charge in [-0.1, -0.05) is 13.8 Å². The van der Waals surface area contributed by atoms with E-state index in [-0.39, 0.29) is 28.6 Å². The second-order valence-corrected chi connectivity index (χ2v) is 8.27. The summed E-state index contributed by atoms with van der Waals surface area (Å²) in [6.07, 6.45) is -1.77. The number of rotatable bonds is 6. The van der Waals surface area contributed by atoms with E-state index in [1.807, 2.05) is 20.8 Å². The Bertz CT molecular complexity index is 936. The summed E-state index contributed by atoms with van der Waals surface area (Å²) >= 11 is 1.54. The van der Waals surface area contributed by atoms with Crippen molar-refractivity contribution in [2.45, 2.75) is 44.0 Å². The highest BCUT2D eigenvalue weighted by atomic mass is 32.2. The molecule has 0 bridgehead atoms. The quantitative estimate of drug-likeness (QED) is 0.564. The number of halogens is 4. The lowest BCUT2D eigenvalue weighted by molar-refractivity contribution is -0.137. The Kier molecular flexibility index (Phi) is 5.73. The highest BCUT2D eigenvalue weighted by Gasteiger charge is 2.36. The molecule has 0 aliphatic heterocycles. The van der Waals surface area contributed by atoms with Crippen LogP contribution in [0.2, 0.25) is 0 Å². The molecule has 0 radical (unpaired) electrons. The Morgan fingerprint density at radius 2 is 1.79 bits per heavy atom. The normalized spacial score (nSPS) is 13.3. The van der Waals surface area contributed by atoms with Crippen molar-refractivity contribution in [3.63, 3.8) is 0 Å². The Morgan fingerprint density at radius 3 is 2.39 bits per heavy atom.